The van der Waals surface area contributed by atoms with Gasteiger partial charge in [0, 0.05) is 31.0 Å². The molecule has 1 fully saturated rings. The Morgan fingerprint density at radius 1 is 1.04 bits per heavy atom. The molecule has 0 aliphatic carbocycles. The second kappa shape index (κ2) is 8.63. The molecule has 2 heterocycles. The van der Waals surface area contributed by atoms with E-state index in [0.717, 1.165) is 11.3 Å². The zero-order valence-electron chi connectivity index (χ0n) is 17.1. The van der Waals surface area contributed by atoms with E-state index in [9.17, 15) is 9.59 Å². The maximum Gasteiger partial charge on any atom is 0.227 e. The van der Waals surface area contributed by atoms with E-state index in [1.54, 1.807) is 6.26 Å². The van der Waals surface area contributed by atoms with Gasteiger partial charge in [0.25, 0.3) is 0 Å². The lowest BCUT2D eigenvalue weighted by atomic mass is 9.90. The number of hydrogen-bond acceptors (Lipinski definition) is 3. The summed E-state index contributed by atoms with van der Waals surface area (Å²) in [4.78, 5) is 29.6. The third-order valence-corrected chi connectivity index (χ3v) is 5.23. The zero-order valence-corrected chi connectivity index (χ0v) is 17.1. The number of furan rings is 1. The highest BCUT2D eigenvalue weighted by Crippen LogP contribution is 2.26. The molecule has 5 nitrogen and oxygen atoms in total. The molecule has 0 atom stereocenters. The summed E-state index contributed by atoms with van der Waals surface area (Å²) < 4.78 is 5.48. The minimum Gasteiger partial charge on any atom is -0.467 e. The van der Waals surface area contributed by atoms with Gasteiger partial charge in [-0.3, -0.25) is 9.59 Å². The number of benzene rings is 1. The average Bonchev–Trinajstić information content (AvgIpc) is 3.20. The summed E-state index contributed by atoms with van der Waals surface area (Å²) in [5, 5.41) is 0. The van der Waals surface area contributed by atoms with Gasteiger partial charge < -0.3 is 14.2 Å². The van der Waals surface area contributed by atoms with Crippen LogP contribution >= 0.6 is 0 Å². The summed E-state index contributed by atoms with van der Waals surface area (Å²) in [6.07, 6.45) is 3.06. The molecule has 1 aromatic heterocycles. The van der Waals surface area contributed by atoms with Crippen LogP contribution in [0.5, 0.6) is 0 Å². The normalized spacial score (nSPS) is 15.5. The van der Waals surface area contributed by atoms with E-state index >= 15 is 0 Å². The lowest BCUT2D eigenvalue weighted by molar-refractivity contribution is -0.145. The molecule has 1 aliphatic heterocycles. The van der Waals surface area contributed by atoms with Gasteiger partial charge >= 0.3 is 0 Å². The standard InChI is InChI=1S/C23H30N2O3/c1-23(2,3)22(27)24-13-11-19(12-14-24)21(26)25(17-20-10-7-15-28-20)16-18-8-5-4-6-9-18/h4-10,15,19H,11-14,16-17H2,1-3H3. The van der Waals surface area contributed by atoms with E-state index in [0.29, 0.717) is 39.0 Å². The molecule has 2 amide bonds. The largest absolute Gasteiger partial charge is 0.467 e. The summed E-state index contributed by atoms with van der Waals surface area (Å²) >= 11 is 0. The van der Waals surface area contributed by atoms with Crippen LogP contribution in [0.25, 0.3) is 0 Å². The fraction of sp³-hybridized carbons (Fsp3) is 0.478. The van der Waals surface area contributed by atoms with Crippen LogP contribution < -0.4 is 0 Å². The molecular formula is C23H30N2O3. The second-order valence-corrected chi connectivity index (χ2v) is 8.58. The molecule has 1 aromatic carbocycles. The Labute approximate surface area is 167 Å². The Balaban J connectivity index is 1.66. The van der Waals surface area contributed by atoms with Gasteiger partial charge in [-0.15, -0.1) is 0 Å². The first-order chi connectivity index (χ1) is 13.3. The topological polar surface area (TPSA) is 53.8 Å². The van der Waals surface area contributed by atoms with Gasteiger partial charge in [-0.25, -0.2) is 0 Å². The third-order valence-electron chi connectivity index (χ3n) is 5.23. The lowest BCUT2D eigenvalue weighted by Crippen LogP contribution is -2.47. The quantitative estimate of drug-likeness (QED) is 0.782. The minimum atomic E-state index is -0.379. The van der Waals surface area contributed by atoms with E-state index in [1.165, 1.54) is 0 Å². The summed E-state index contributed by atoms with van der Waals surface area (Å²) in [6.45, 7) is 8.13. The van der Waals surface area contributed by atoms with Crippen LogP contribution in [-0.4, -0.2) is 34.7 Å². The first-order valence-corrected chi connectivity index (χ1v) is 9.99. The van der Waals surface area contributed by atoms with Crippen molar-refractivity contribution in [2.24, 2.45) is 11.3 Å². The highest BCUT2D eigenvalue weighted by molar-refractivity contribution is 5.82. The van der Waals surface area contributed by atoms with Gasteiger partial charge in [-0.2, -0.15) is 0 Å². The van der Waals surface area contributed by atoms with Crippen LogP contribution in [0.1, 0.15) is 44.9 Å². The van der Waals surface area contributed by atoms with Crippen molar-refractivity contribution in [1.29, 1.82) is 0 Å². The summed E-state index contributed by atoms with van der Waals surface area (Å²) in [5.74, 6) is 1.03. The number of carbonyl (C=O) groups excluding carboxylic acids is 2. The molecule has 0 unspecified atom stereocenters. The van der Waals surface area contributed by atoms with Crippen molar-refractivity contribution in [3.8, 4) is 0 Å². The van der Waals surface area contributed by atoms with Gasteiger partial charge in [0.15, 0.2) is 0 Å². The lowest BCUT2D eigenvalue weighted by Gasteiger charge is -2.36. The summed E-state index contributed by atoms with van der Waals surface area (Å²) in [5.41, 5.74) is 0.720. The summed E-state index contributed by atoms with van der Waals surface area (Å²) in [7, 11) is 0. The first kappa shape index (κ1) is 20.2. The number of nitrogens with zero attached hydrogens (tertiary/aromatic N) is 2. The molecule has 1 saturated heterocycles. The number of hydrogen-bond donors (Lipinski definition) is 0. The predicted molar refractivity (Wildman–Crippen MR) is 108 cm³/mol. The molecule has 0 spiro atoms. The van der Waals surface area contributed by atoms with E-state index in [-0.39, 0.29) is 23.1 Å². The fourth-order valence-corrected chi connectivity index (χ4v) is 3.67. The van der Waals surface area contributed by atoms with Crippen LogP contribution in [0.15, 0.2) is 53.1 Å². The van der Waals surface area contributed by atoms with Crippen molar-refractivity contribution in [3.63, 3.8) is 0 Å². The van der Waals surface area contributed by atoms with Crippen LogP contribution in [0.3, 0.4) is 0 Å². The van der Waals surface area contributed by atoms with E-state index < -0.39 is 0 Å². The number of carbonyl (C=O) groups is 2. The van der Waals surface area contributed by atoms with Crippen molar-refractivity contribution in [1.82, 2.24) is 9.80 Å². The molecule has 28 heavy (non-hydrogen) atoms. The first-order valence-electron chi connectivity index (χ1n) is 9.99. The van der Waals surface area contributed by atoms with Crippen LogP contribution in [0.4, 0.5) is 0 Å². The maximum atomic E-state index is 13.3. The summed E-state index contributed by atoms with van der Waals surface area (Å²) in [6, 6.07) is 13.8. The van der Waals surface area contributed by atoms with Crippen molar-refractivity contribution in [2.45, 2.75) is 46.7 Å². The Bertz CT molecular complexity index is 770. The van der Waals surface area contributed by atoms with Gasteiger partial charge in [-0.05, 0) is 30.5 Å². The van der Waals surface area contributed by atoms with Crippen LogP contribution in [0, 0.1) is 11.3 Å². The molecule has 0 bridgehead atoms. The van der Waals surface area contributed by atoms with Crippen molar-refractivity contribution in [2.75, 3.05) is 13.1 Å². The fourth-order valence-electron chi connectivity index (χ4n) is 3.67. The van der Waals surface area contributed by atoms with Gasteiger partial charge in [-0.1, -0.05) is 51.1 Å². The molecule has 3 rings (SSSR count). The smallest absolute Gasteiger partial charge is 0.227 e. The van der Waals surface area contributed by atoms with Crippen molar-refractivity contribution < 1.29 is 14.0 Å². The van der Waals surface area contributed by atoms with E-state index in [1.807, 2.05) is 73.0 Å². The Hall–Kier alpha value is -2.56. The van der Waals surface area contributed by atoms with Crippen molar-refractivity contribution in [3.05, 3.63) is 60.1 Å². The van der Waals surface area contributed by atoms with Crippen molar-refractivity contribution >= 4 is 11.8 Å². The van der Waals surface area contributed by atoms with Crippen LogP contribution in [0.2, 0.25) is 0 Å². The molecule has 0 N–H and O–H groups in total. The highest BCUT2D eigenvalue weighted by atomic mass is 16.3. The zero-order chi connectivity index (χ0) is 20.1. The monoisotopic (exact) mass is 382 g/mol. The molecular weight excluding hydrogens is 352 g/mol. The van der Waals surface area contributed by atoms with Gasteiger partial charge in [0.1, 0.15) is 5.76 Å². The Morgan fingerprint density at radius 2 is 1.71 bits per heavy atom. The maximum absolute atomic E-state index is 13.3. The second-order valence-electron chi connectivity index (χ2n) is 8.58. The van der Waals surface area contributed by atoms with Crippen LogP contribution in [-0.2, 0) is 22.7 Å². The number of likely N-dealkylation sites (tertiary alicyclic amines) is 1. The van der Waals surface area contributed by atoms with E-state index in [2.05, 4.69) is 0 Å². The molecule has 0 radical (unpaired) electrons. The average molecular weight is 383 g/mol. The predicted octanol–water partition coefficient (Wildman–Crippen LogP) is 4.09. The molecule has 150 valence electrons. The highest BCUT2D eigenvalue weighted by Gasteiger charge is 2.34. The molecule has 1 aliphatic rings. The number of piperidine rings is 1. The minimum absolute atomic E-state index is 0.0531. The Morgan fingerprint density at radius 3 is 2.29 bits per heavy atom. The number of amides is 2. The number of rotatable bonds is 5. The van der Waals surface area contributed by atoms with Gasteiger partial charge in [0.2, 0.25) is 11.8 Å². The SMILES string of the molecule is CC(C)(C)C(=O)N1CCC(C(=O)N(Cc2ccccc2)Cc2ccco2)CC1. The Kier molecular flexibility index (Phi) is 6.22. The van der Waals surface area contributed by atoms with E-state index in [4.69, 9.17) is 4.42 Å². The molecule has 5 heteroatoms. The molecule has 2 aromatic rings. The molecule has 0 saturated carbocycles. The van der Waals surface area contributed by atoms with Gasteiger partial charge in [0.05, 0.1) is 12.8 Å². The third kappa shape index (κ3) is 5.03.